The molecule has 0 spiro atoms. The molecule has 2 atom stereocenters. The average Bonchev–Trinajstić information content (AvgIpc) is 3.18. The van der Waals surface area contributed by atoms with Gasteiger partial charge in [0, 0.05) is 38.4 Å². The SMILES string of the molecule is CCOC(=O)c1ccc(N2CCCN(C(=O)C3CC(c4ccccc4)NN3)CC2)nc1. The fourth-order valence-corrected chi connectivity index (χ4v) is 4.12. The second-order valence-electron chi connectivity index (χ2n) is 7.83. The number of nitrogens with zero attached hydrogens (tertiary/aromatic N) is 3. The molecule has 2 N–H and O–H groups in total. The highest BCUT2D eigenvalue weighted by molar-refractivity contribution is 5.89. The molecule has 1 amide bonds. The molecule has 0 saturated carbocycles. The van der Waals surface area contributed by atoms with Crippen LogP contribution in [0.25, 0.3) is 0 Å². The highest BCUT2D eigenvalue weighted by Gasteiger charge is 2.33. The highest BCUT2D eigenvalue weighted by Crippen LogP contribution is 2.23. The summed E-state index contributed by atoms with van der Waals surface area (Å²) < 4.78 is 5.01. The van der Waals surface area contributed by atoms with Crippen LogP contribution in [0.15, 0.2) is 48.7 Å². The van der Waals surface area contributed by atoms with Gasteiger partial charge in [-0.2, -0.15) is 0 Å². The molecule has 2 fully saturated rings. The molecule has 8 nitrogen and oxygen atoms in total. The fraction of sp³-hybridized carbons (Fsp3) is 0.435. The van der Waals surface area contributed by atoms with Crippen molar-refractivity contribution in [3.8, 4) is 0 Å². The number of benzene rings is 1. The maximum Gasteiger partial charge on any atom is 0.339 e. The number of ether oxygens (including phenoxy) is 1. The first kappa shape index (κ1) is 21.3. The van der Waals surface area contributed by atoms with Crippen molar-refractivity contribution in [2.24, 2.45) is 0 Å². The van der Waals surface area contributed by atoms with Gasteiger partial charge < -0.3 is 14.5 Å². The van der Waals surface area contributed by atoms with Gasteiger partial charge in [-0.1, -0.05) is 30.3 Å². The molecule has 3 heterocycles. The van der Waals surface area contributed by atoms with Gasteiger partial charge in [-0.25, -0.2) is 20.6 Å². The Morgan fingerprint density at radius 2 is 1.90 bits per heavy atom. The van der Waals surface area contributed by atoms with Gasteiger partial charge in [-0.15, -0.1) is 0 Å². The number of hydrazine groups is 1. The summed E-state index contributed by atoms with van der Waals surface area (Å²) in [5.74, 6) is 0.589. The van der Waals surface area contributed by atoms with E-state index in [-0.39, 0.29) is 24.0 Å². The standard InChI is InChI=1S/C23H29N5O3/c1-2-31-23(30)18-9-10-21(24-16-18)27-11-6-12-28(14-13-27)22(29)20-15-19(25-26-20)17-7-4-3-5-8-17/h3-5,7-10,16,19-20,25-26H,2,6,11-15H2,1H3. The molecule has 0 aliphatic carbocycles. The van der Waals surface area contributed by atoms with Crippen molar-refractivity contribution < 1.29 is 14.3 Å². The van der Waals surface area contributed by atoms with E-state index in [2.05, 4.69) is 32.9 Å². The number of amides is 1. The largest absolute Gasteiger partial charge is 0.462 e. The maximum atomic E-state index is 13.1. The van der Waals surface area contributed by atoms with E-state index in [1.165, 1.54) is 5.56 Å². The van der Waals surface area contributed by atoms with Gasteiger partial charge in [-0.3, -0.25) is 4.79 Å². The Hall–Kier alpha value is -2.97. The molecule has 2 aliphatic heterocycles. The minimum atomic E-state index is -0.360. The predicted molar refractivity (Wildman–Crippen MR) is 117 cm³/mol. The molecule has 8 heteroatoms. The molecule has 1 aromatic heterocycles. The molecular formula is C23H29N5O3. The lowest BCUT2D eigenvalue weighted by atomic mass is 10.0. The summed E-state index contributed by atoms with van der Waals surface area (Å²) in [6, 6.07) is 13.7. The van der Waals surface area contributed by atoms with Gasteiger partial charge in [-0.05, 0) is 37.5 Å². The number of nitrogens with one attached hydrogen (secondary N) is 2. The number of hydrogen-bond donors (Lipinski definition) is 2. The number of hydrogen-bond acceptors (Lipinski definition) is 7. The Balaban J connectivity index is 1.33. The van der Waals surface area contributed by atoms with Crippen LogP contribution >= 0.6 is 0 Å². The average molecular weight is 424 g/mol. The van der Waals surface area contributed by atoms with Crippen LogP contribution in [0, 0.1) is 0 Å². The molecule has 164 valence electrons. The Kier molecular flexibility index (Phi) is 6.79. The van der Waals surface area contributed by atoms with Gasteiger partial charge in [0.15, 0.2) is 0 Å². The molecule has 2 unspecified atom stereocenters. The normalized spacial score (nSPS) is 21.6. The monoisotopic (exact) mass is 423 g/mol. The summed E-state index contributed by atoms with van der Waals surface area (Å²) in [7, 11) is 0. The number of anilines is 1. The first-order valence-corrected chi connectivity index (χ1v) is 10.9. The number of esters is 1. The summed E-state index contributed by atoms with van der Waals surface area (Å²) in [5.41, 5.74) is 8.08. The Labute approximate surface area is 182 Å². The van der Waals surface area contributed by atoms with Gasteiger partial charge >= 0.3 is 5.97 Å². The second-order valence-corrected chi connectivity index (χ2v) is 7.83. The fourth-order valence-electron chi connectivity index (χ4n) is 4.12. The Morgan fingerprint density at radius 3 is 2.65 bits per heavy atom. The lowest BCUT2D eigenvalue weighted by Gasteiger charge is -2.24. The van der Waals surface area contributed by atoms with Crippen LogP contribution in [0.4, 0.5) is 5.82 Å². The van der Waals surface area contributed by atoms with E-state index in [1.807, 2.05) is 29.2 Å². The van der Waals surface area contributed by atoms with E-state index in [0.29, 0.717) is 25.3 Å². The molecule has 0 radical (unpaired) electrons. The summed E-state index contributed by atoms with van der Waals surface area (Å²) in [4.78, 5) is 33.4. The zero-order chi connectivity index (χ0) is 21.6. The van der Waals surface area contributed by atoms with Crippen molar-refractivity contribution in [1.82, 2.24) is 20.7 Å². The lowest BCUT2D eigenvalue weighted by molar-refractivity contribution is -0.133. The minimum absolute atomic E-state index is 0.137. The van der Waals surface area contributed by atoms with Crippen LogP contribution in [0.1, 0.15) is 41.7 Å². The van der Waals surface area contributed by atoms with Crippen LogP contribution in [0.3, 0.4) is 0 Å². The number of carbonyl (C=O) groups is 2. The molecule has 2 aliphatic rings. The Morgan fingerprint density at radius 1 is 1.06 bits per heavy atom. The first-order valence-electron chi connectivity index (χ1n) is 10.9. The lowest BCUT2D eigenvalue weighted by Crippen LogP contribution is -2.46. The van der Waals surface area contributed by atoms with Crippen LogP contribution in [-0.2, 0) is 9.53 Å². The zero-order valence-electron chi connectivity index (χ0n) is 17.8. The van der Waals surface area contributed by atoms with E-state index in [4.69, 9.17) is 4.74 Å². The first-order chi connectivity index (χ1) is 15.2. The summed E-state index contributed by atoms with van der Waals surface area (Å²) in [6.45, 7) is 5.02. The van der Waals surface area contributed by atoms with Gasteiger partial charge in [0.05, 0.1) is 12.2 Å². The minimum Gasteiger partial charge on any atom is -0.462 e. The smallest absolute Gasteiger partial charge is 0.339 e. The van der Waals surface area contributed by atoms with E-state index in [0.717, 1.165) is 31.7 Å². The van der Waals surface area contributed by atoms with Crippen LogP contribution in [0.5, 0.6) is 0 Å². The van der Waals surface area contributed by atoms with E-state index >= 15 is 0 Å². The van der Waals surface area contributed by atoms with Crippen molar-refractivity contribution in [3.63, 3.8) is 0 Å². The third-order valence-corrected chi connectivity index (χ3v) is 5.79. The highest BCUT2D eigenvalue weighted by atomic mass is 16.5. The third kappa shape index (κ3) is 5.03. The molecule has 1 aromatic carbocycles. The van der Waals surface area contributed by atoms with Crippen LogP contribution < -0.4 is 15.8 Å². The maximum absolute atomic E-state index is 13.1. The number of pyridine rings is 1. The topological polar surface area (TPSA) is 86.8 Å². The number of rotatable bonds is 5. The van der Waals surface area contributed by atoms with Crippen molar-refractivity contribution in [2.45, 2.75) is 31.8 Å². The Bertz CT molecular complexity index is 890. The van der Waals surface area contributed by atoms with Gasteiger partial charge in [0.25, 0.3) is 0 Å². The molecule has 2 saturated heterocycles. The molecule has 2 aromatic rings. The van der Waals surface area contributed by atoms with Crippen LogP contribution in [0.2, 0.25) is 0 Å². The van der Waals surface area contributed by atoms with E-state index < -0.39 is 0 Å². The second kappa shape index (κ2) is 9.89. The quantitative estimate of drug-likeness (QED) is 0.711. The van der Waals surface area contributed by atoms with Crippen molar-refractivity contribution in [3.05, 3.63) is 59.8 Å². The molecule has 4 rings (SSSR count). The van der Waals surface area contributed by atoms with Crippen molar-refractivity contribution in [1.29, 1.82) is 0 Å². The summed E-state index contributed by atoms with van der Waals surface area (Å²) in [6.07, 6.45) is 3.16. The van der Waals surface area contributed by atoms with Crippen molar-refractivity contribution in [2.75, 3.05) is 37.7 Å². The van der Waals surface area contributed by atoms with Crippen LogP contribution in [-0.4, -0.2) is 60.6 Å². The van der Waals surface area contributed by atoms with E-state index in [9.17, 15) is 9.59 Å². The summed E-state index contributed by atoms with van der Waals surface area (Å²) >= 11 is 0. The number of aromatic nitrogens is 1. The zero-order valence-corrected chi connectivity index (χ0v) is 17.8. The van der Waals surface area contributed by atoms with Gasteiger partial charge in [0.2, 0.25) is 5.91 Å². The number of carbonyl (C=O) groups excluding carboxylic acids is 2. The van der Waals surface area contributed by atoms with Crippen molar-refractivity contribution >= 4 is 17.7 Å². The predicted octanol–water partition coefficient (Wildman–Crippen LogP) is 1.90. The third-order valence-electron chi connectivity index (χ3n) is 5.79. The van der Waals surface area contributed by atoms with Gasteiger partial charge in [0.1, 0.15) is 11.9 Å². The van der Waals surface area contributed by atoms with E-state index in [1.54, 1.807) is 19.2 Å². The molecule has 31 heavy (non-hydrogen) atoms. The molecule has 0 bridgehead atoms. The molecular weight excluding hydrogens is 394 g/mol. The summed E-state index contributed by atoms with van der Waals surface area (Å²) in [5, 5.41) is 0.